The molecule has 1 aromatic rings. The second-order valence-corrected chi connectivity index (χ2v) is 7.39. The van der Waals surface area contributed by atoms with Crippen LogP contribution in [0.25, 0.3) is 0 Å². The SMILES string of the molecule is CCCCCCCCCCCCCCc1cc[n+](C(C)C)cc1. The fourth-order valence-corrected chi connectivity index (χ4v) is 3.15. The quantitative estimate of drug-likeness (QED) is 0.262. The molecule has 0 saturated heterocycles. The van der Waals surface area contributed by atoms with Gasteiger partial charge in [0.15, 0.2) is 18.4 Å². The Balaban J connectivity index is 1.89. The van der Waals surface area contributed by atoms with Gasteiger partial charge >= 0.3 is 0 Å². The molecule has 0 saturated carbocycles. The average Bonchev–Trinajstić information content (AvgIpc) is 2.56. The van der Waals surface area contributed by atoms with Crippen molar-refractivity contribution in [2.24, 2.45) is 0 Å². The predicted octanol–water partition coefficient (Wildman–Crippen LogP) is 6.80. The zero-order valence-corrected chi connectivity index (χ0v) is 16.0. The third-order valence-electron chi connectivity index (χ3n) is 4.84. The van der Waals surface area contributed by atoms with Crippen molar-refractivity contribution in [3.8, 4) is 0 Å². The Kier molecular flexibility index (Phi) is 11.9. The van der Waals surface area contributed by atoms with Gasteiger partial charge in [0.25, 0.3) is 0 Å². The largest absolute Gasteiger partial charge is 0.203 e. The van der Waals surface area contributed by atoms with E-state index in [4.69, 9.17) is 0 Å². The summed E-state index contributed by atoms with van der Waals surface area (Å²) in [5.74, 6) is 0. The summed E-state index contributed by atoms with van der Waals surface area (Å²) in [5, 5.41) is 0. The predicted molar refractivity (Wildman–Crippen MR) is 102 cm³/mol. The summed E-state index contributed by atoms with van der Waals surface area (Å²) in [6, 6.07) is 5.15. The Morgan fingerprint density at radius 2 is 1.13 bits per heavy atom. The van der Waals surface area contributed by atoms with Gasteiger partial charge in [0.05, 0.1) is 0 Å². The molecule has 0 aliphatic carbocycles. The smallest absolute Gasteiger partial charge is 0.169 e. The van der Waals surface area contributed by atoms with Crippen molar-refractivity contribution in [3.05, 3.63) is 30.1 Å². The molecule has 0 fully saturated rings. The van der Waals surface area contributed by atoms with E-state index in [-0.39, 0.29) is 0 Å². The van der Waals surface area contributed by atoms with Crippen LogP contribution in [0, 0.1) is 0 Å². The van der Waals surface area contributed by atoms with Crippen LogP contribution < -0.4 is 4.57 Å². The standard InChI is InChI=1S/C22H40N/c1-4-5-6-7-8-9-10-11-12-13-14-15-16-22-17-19-23(20-18-22)21(2)3/h17-21H,4-16H2,1-3H3/q+1. The van der Waals surface area contributed by atoms with Gasteiger partial charge in [-0.25, -0.2) is 4.57 Å². The van der Waals surface area contributed by atoms with Gasteiger partial charge in [0.1, 0.15) is 0 Å². The lowest BCUT2D eigenvalue weighted by Crippen LogP contribution is -2.34. The highest BCUT2D eigenvalue weighted by Crippen LogP contribution is 2.13. The van der Waals surface area contributed by atoms with Crippen molar-refractivity contribution in [2.75, 3.05) is 0 Å². The zero-order chi connectivity index (χ0) is 16.8. The zero-order valence-electron chi connectivity index (χ0n) is 16.0. The van der Waals surface area contributed by atoms with E-state index in [1.807, 2.05) is 0 Å². The second kappa shape index (κ2) is 13.6. The van der Waals surface area contributed by atoms with Gasteiger partial charge in [-0.3, -0.25) is 0 Å². The van der Waals surface area contributed by atoms with Crippen molar-refractivity contribution in [3.63, 3.8) is 0 Å². The number of pyridine rings is 1. The molecule has 0 unspecified atom stereocenters. The first-order valence-electron chi connectivity index (χ1n) is 10.2. The Bertz CT molecular complexity index is 366. The number of aromatic nitrogens is 1. The number of hydrogen-bond donors (Lipinski definition) is 0. The Morgan fingerprint density at radius 1 is 0.696 bits per heavy atom. The molecule has 0 aromatic carbocycles. The number of aryl methyl sites for hydroxylation is 1. The average molecular weight is 319 g/mol. The Hall–Kier alpha value is -0.850. The highest BCUT2D eigenvalue weighted by molar-refractivity contribution is 5.07. The minimum Gasteiger partial charge on any atom is -0.203 e. The van der Waals surface area contributed by atoms with Gasteiger partial charge in [0.2, 0.25) is 0 Å². The van der Waals surface area contributed by atoms with Crippen molar-refractivity contribution in [1.29, 1.82) is 0 Å². The highest BCUT2D eigenvalue weighted by Gasteiger charge is 2.04. The first-order chi connectivity index (χ1) is 11.2. The van der Waals surface area contributed by atoms with Gasteiger partial charge in [-0.2, -0.15) is 0 Å². The first-order valence-corrected chi connectivity index (χ1v) is 10.2. The molecule has 0 aliphatic heterocycles. The number of nitrogens with zero attached hydrogens (tertiary/aromatic N) is 1. The van der Waals surface area contributed by atoms with Gasteiger partial charge < -0.3 is 0 Å². The number of hydrogen-bond acceptors (Lipinski definition) is 0. The maximum Gasteiger partial charge on any atom is 0.169 e. The minimum atomic E-state index is 0.565. The van der Waals surface area contributed by atoms with E-state index in [9.17, 15) is 0 Å². The maximum atomic E-state index is 2.29. The topological polar surface area (TPSA) is 3.88 Å². The lowest BCUT2D eigenvalue weighted by atomic mass is 10.0. The van der Waals surface area contributed by atoms with Gasteiger partial charge in [-0.05, 0) is 32.3 Å². The summed E-state index contributed by atoms with van der Waals surface area (Å²) >= 11 is 0. The van der Waals surface area contributed by atoms with Crippen molar-refractivity contribution >= 4 is 0 Å². The number of rotatable bonds is 14. The van der Waals surface area contributed by atoms with Crippen LogP contribution >= 0.6 is 0 Å². The molecule has 0 aliphatic rings. The molecule has 0 bridgehead atoms. The van der Waals surface area contributed by atoms with E-state index in [1.165, 1.54) is 89.0 Å². The fraction of sp³-hybridized carbons (Fsp3) is 0.773. The summed E-state index contributed by atoms with van der Waals surface area (Å²) in [5.41, 5.74) is 1.49. The molecule has 0 atom stereocenters. The summed E-state index contributed by atoms with van der Waals surface area (Å²) < 4.78 is 2.27. The first kappa shape index (κ1) is 20.2. The Morgan fingerprint density at radius 3 is 1.57 bits per heavy atom. The van der Waals surface area contributed by atoms with Crippen LogP contribution in [0.4, 0.5) is 0 Å². The minimum absolute atomic E-state index is 0.565. The van der Waals surface area contributed by atoms with Crippen molar-refractivity contribution in [1.82, 2.24) is 0 Å². The molecule has 1 rings (SSSR count). The lowest BCUT2D eigenvalue weighted by Gasteiger charge is -2.04. The van der Waals surface area contributed by atoms with Crippen LogP contribution in [0.3, 0.4) is 0 Å². The molecule has 0 amide bonds. The molecule has 1 aromatic heterocycles. The van der Waals surface area contributed by atoms with E-state index in [2.05, 4.69) is 49.9 Å². The van der Waals surface area contributed by atoms with Crippen LogP contribution in [0.2, 0.25) is 0 Å². The fourth-order valence-electron chi connectivity index (χ4n) is 3.15. The normalized spacial score (nSPS) is 11.3. The maximum absolute atomic E-state index is 2.29. The number of unbranched alkanes of at least 4 members (excludes halogenated alkanes) is 11. The van der Waals surface area contributed by atoms with E-state index in [0.29, 0.717) is 6.04 Å². The molecule has 1 nitrogen and oxygen atoms in total. The van der Waals surface area contributed by atoms with Gasteiger partial charge in [-0.15, -0.1) is 0 Å². The third-order valence-corrected chi connectivity index (χ3v) is 4.84. The van der Waals surface area contributed by atoms with E-state index < -0.39 is 0 Å². The molecule has 1 heterocycles. The second-order valence-electron chi connectivity index (χ2n) is 7.39. The molecule has 0 radical (unpaired) electrons. The summed E-state index contributed by atoms with van der Waals surface area (Å²) in [6.07, 6.45) is 22.8. The van der Waals surface area contributed by atoms with Crippen LogP contribution in [0.1, 0.15) is 109 Å². The molecule has 0 N–H and O–H groups in total. The van der Waals surface area contributed by atoms with Crippen LogP contribution in [0.5, 0.6) is 0 Å². The van der Waals surface area contributed by atoms with E-state index >= 15 is 0 Å². The van der Waals surface area contributed by atoms with Crippen molar-refractivity contribution < 1.29 is 4.57 Å². The third kappa shape index (κ3) is 10.5. The summed E-state index contributed by atoms with van der Waals surface area (Å²) in [4.78, 5) is 0. The van der Waals surface area contributed by atoms with E-state index in [0.717, 1.165) is 0 Å². The molecular weight excluding hydrogens is 278 g/mol. The summed E-state index contributed by atoms with van der Waals surface area (Å²) in [7, 11) is 0. The monoisotopic (exact) mass is 318 g/mol. The molecule has 132 valence electrons. The van der Waals surface area contributed by atoms with Crippen LogP contribution in [-0.4, -0.2) is 0 Å². The van der Waals surface area contributed by atoms with Gasteiger partial charge in [-0.1, -0.05) is 77.6 Å². The molecular formula is C22H40N+. The lowest BCUT2D eigenvalue weighted by molar-refractivity contribution is -0.716. The van der Waals surface area contributed by atoms with Crippen LogP contribution in [0.15, 0.2) is 24.5 Å². The Labute approximate surface area is 145 Å². The molecule has 0 spiro atoms. The van der Waals surface area contributed by atoms with Gasteiger partial charge in [0, 0.05) is 12.1 Å². The molecule has 23 heavy (non-hydrogen) atoms. The highest BCUT2D eigenvalue weighted by atomic mass is 15.0. The van der Waals surface area contributed by atoms with Crippen LogP contribution in [-0.2, 0) is 6.42 Å². The summed E-state index contributed by atoms with van der Waals surface area (Å²) in [6.45, 7) is 6.75. The van der Waals surface area contributed by atoms with E-state index in [1.54, 1.807) is 0 Å². The molecule has 1 heteroatoms. The van der Waals surface area contributed by atoms with Crippen molar-refractivity contribution in [2.45, 2.75) is 110 Å².